The van der Waals surface area contributed by atoms with Crippen molar-refractivity contribution in [1.29, 1.82) is 0 Å². The molecule has 1 saturated heterocycles. The number of nitrogens with one attached hydrogen (secondary N) is 1. The third-order valence-corrected chi connectivity index (χ3v) is 3.47. The van der Waals surface area contributed by atoms with Crippen molar-refractivity contribution >= 4 is 11.9 Å². The number of amides is 1. The van der Waals surface area contributed by atoms with Crippen molar-refractivity contribution < 1.29 is 19.1 Å². The Morgan fingerprint density at radius 2 is 2.37 bits per heavy atom. The normalized spacial score (nSPS) is 19.5. The zero-order valence-corrected chi connectivity index (χ0v) is 10.9. The van der Waals surface area contributed by atoms with Crippen LogP contribution in [-0.4, -0.2) is 47.6 Å². The van der Waals surface area contributed by atoms with Crippen LogP contribution in [0.25, 0.3) is 0 Å². The first-order chi connectivity index (χ1) is 9.11. The molecule has 0 aromatic carbocycles. The Balaban J connectivity index is 1.88. The summed E-state index contributed by atoms with van der Waals surface area (Å²) >= 11 is 0. The van der Waals surface area contributed by atoms with E-state index in [9.17, 15) is 9.59 Å². The van der Waals surface area contributed by atoms with Crippen molar-refractivity contribution in [2.75, 3.05) is 19.6 Å². The fourth-order valence-electron chi connectivity index (χ4n) is 2.41. The summed E-state index contributed by atoms with van der Waals surface area (Å²) in [6.45, 7) is 4.72. The summed E-state index contributed by atoms with van der Waals surface area (Å²) in [5.74, 6) is -1.43. The molecule has 19 heavy (non-hydrogen) atoms. The minimum Gasteiger partial charge on any atom is -0.478 e. The first-order valence-electron chi connectivity index (χ1n) is 6.46. The monoisotopic (exact) mass is 266 g/mol. The molecule has 0 spiro atoms. The lowest BCUT2D eigenvalue weighted by molar-refractivity contribution is 0.0696. The Morgan fingerprint density at radius 1 is 1.58 bits per heavy atom. The summed E-state index contributed by atoms with van der Waals surface area (Å²) < 4.78 is 4.95. The Morgan fingerprint density at radius 3 is 3.00 bits per heavy atom. The van der Waals surface area contributed by atoms with E-state index in [-0.39, 0.29) is 17.2 Å². The summed E-state index contributed by atoms with van der Waals surface area (Å²) in [7, 11) is 0. The van der Waals surface area contributed by atoms with Crippen LogP contribution in [-0.2, 0) is 0 Å². The summed E-state index contributed by atoms with van der Waals surface area (Å²) in [4.78, 5) is 24.8. The van der Waals surface area contributed by atoms with Gasteiger partial charge in [-0.25, -0.2) is 4.79 Å². The van der Waals surface area contributed by atoms with Crippen molar-refractivity contribution in [3.63, 3.8) is 0 Å². The van der Waals surface area contributed by atoms with Gasteiger partial charge in [0.25, 0.3) is 5.91 Å². The number of likely N-dealkylation sites (N-methyl/N-ethyl adjacent to an activating group) is 1. The molecule has 0 bridgehead atoms. The topological polar surface area (TPSA) is 82.8 Å². The zero-order valence-electron chi connectivity index (χ0n) is 10.9. The quantitative estimate of drug-likeness (QED) is 0.836. The van der Waals surface area contributed by atoms with Crippen molar-refractivity contribution in [3.05, 3.63) is 23.7 Å². The Kier molecular flexibility index (Phi) is 4.21. The number of likely N-dealkylation sites (tertiary alicyclic amines) is 1. The van der Waals surface area contributed by atoms with Crippen LogP contribution in [0.2, 0.25) is 0 Å². The molecule has 1 fully saturated rings. The van der Waals surface area contributed by atoms with Crippen LogP contribution in [0.1, 0.15) is 40.7 Å². The molecule has 1 atom stereocenters. The molecule has 1 amide bonds. The SMILES string of the molecule is CCN1CCCC1CNC(=O)c1cc(C(=O)O)co1. The van der Waals surface area contributed by atoms with Gasteiger partial charge < -0.3 is 14.8 Å². The van der Waals surface area contributed by atoms with Gasteiger partial charge in [0.05, 0.1) is 5.56 Å². The second kappa shape index (κ2) is 5.88. The van der Waals surface area contributed by atoms with Gasteiger partial charge in [-0.3, -0.25) is 9.69 Å². The highest BCUT2D eigenvalue weighted by Gasteiger charge is 2.24. The lowest BCUT2D eigenvalue weighted by Gasteiger charge is -2.22. The summed E-state index contributed by atoms with van der Waals surface area (Å²) in [5.41, 5.74) is -0.0128. The molecular formula is C13H18N2O4. The van der Waals surface area contributed by atoms with E-state index in [0.29, 0.717) is 12.6 Å². The van der Waals surface area contributed by atoms with E-state index in [2.05, 4.69) is 17.1 Å². The van der Waals surface area contributed by atoms with Crippen LogP contribution in [0.3, 0.4) is 0 Å². The number of carboxylic acids is 1. The first-order valence-corrected chi connectivity index (χ1v) is 6.46. The van der Waals surface area contributed by atoms with Gasteiger partial charge in [-0.2, -0.15) is 0 Å². The Labute approximate surface area is 111 Å². The molecule has 2 heterocycles. The average Bonchev–Trinajstić information content (AvgIpc) is 3.04. The summed E-state index contributed by atoms with van der Waals surface area (Å²) in [6.07, 6.45) is 3.30. The molecule has 6 heteroatoms. The molecule has 1 aromatic heterocycles. The fourth-order valence-corrected chi connectivity index (χ4v) is 2.41. The van der Waals surface area contributed by atoms with Gasteiger partial charge in [0.1, 0.15) is 6.26 Å². The van der Waals surface area contributed by atoms with Crippen molar-refractivity contribution in [2.45, 2.75) is 25.8 Å². The fraction of sp³-hybridized carbons (Fsp3) is 0.538. The van der Waals surface area contributed by atoms with Crippen LogP contribution in [0.15, 0.2) is 16.7 Å². The van der Waals surface area contributed by atoms with E-state index >= 15 is 0 Å². The summed E-state index contributed by atoms with van der Waals surface area (Å²) in [6, 6.07) is 1.60. The van der Waals surface area contributed by atoms with Gasteiger partial charge in [-0.15, -0.1) is 0 Å². The molecule has 0 aliphatic carbocycles. The Hall–Kier alpha value is -1.82. The standard InChI is InChI=1S/C13H18N2O4/c1-2-15-5-3-4-10(15)7-14-12(16)11-6-9(8-19-11)13(17)18/h6,8,10H,2-5,7H2,1H3,(H,14,16)(H,17,18). The van der Waals surface area contributed by atoms with E-state index in [1.54, 1.807) is 0 Å². The van der Waals surface area contributed by atoms with Crippen molar-refractivity contribution in [1.82, 2.24) is 10.2 Å². The highest BCUT2D eigenvalue weighted by atomic mass is 16.4. The van der Waals surface area contributed by atoms with E-state index in [1.807, 2.05) is 0 Å². The number of carbonyl (C=O) groups is 2. The number of nitrogens with zero attached hydrogens (tertiary/aromatic N) is 1. The number of carboxylic acid groups (broad SMARTS) is 1. The number of hydrogen-bond donors (Lipinski definition) is 2. The lowest BCUT2D eigenvalue weighted by Crippen LogP contribution is -2.39. The van der Waals surface area contributed by atoms with E-state index in [4.69, 9.17) is 9.52 Å². The molecule has 2 rings (SSSR count). The van der Waals surface area contributed by atoms with Crippen molar-refractivity contribution in [2.24, 2.45) is 0 Å². The summed E-state index contributed by atoms with van der Waals surface area (Å²) in [5, 5.41) is 11.5. The van der Waals surface area contributed by atoms with Crippen LogP contribution in [0, 0.1) is 0 Å². The highest BCUT2D eigenvalue weighted by Crippen LogP contribution is 2.16. The van der Waals surface area contributed by atoms with Gasteiger partial charge in [-0.1, -0.05) is 6.92 Å². The zero-order chi connectivity index (χ0) is 13.8. The second-order valence-corrected chi connectivity index (χ2v) is 4.64. The van der Waals surface area contributed by atoms with Gasteiger partial charge in [0.2, 0.25) is 0 Å². The third-order valence-electron chi connectivity index (χ3n) is 3.47. The largest absolute Gasteiger partial charge is 0.478 e. The van der Waals surface area contributed by atoms with E-state index in [0.717, 1.165) is 32.2 Å². The maximum atomic E-state index is 11.8. The minimum absolute atomic E-state index is 0.0128. The maximum Gasteiger partial charge on any atom is 0.338 e. The molecule has 2 N–H and O–H groups in total. The van der Waals surface area contributed by atoms with Crippen LogP contribution in [0.5, 0.6) is 0 Å². The Bertz CT molecular complexity index is 469. The molecule has 0 radical (unpaired) electrons. The van der Waals surface area contributed by atoms with Crippen LogP contribution < -0.4 is 5.32 Å². The van der Waals surface area contributed by atoms with Gasteiger partial charge >= 0.3 is 5.97 Å². The maximum absolute atomic E-state index is 11.8. The minimum atomic E-state index is -1.10. The number of hydrogen-bond acceptors (Lipinski definition) is 4. The second-order valence-electron chi connectivity index (χ2n) is 4.64. The van der Waals surface area contributed by atoms with Crippen molar-refractivity contribution in [3.8, 4) is 0 Å². The van der Waals surface area contributed by atoms with Gasteiger partial charge in [0, 0.05) is 18.7 Å². The molecule has 1 unspecified atom stereocenters. The number of rotatable bonds is 5. The molecule has 1 aromatic rings. The number of carbonyl (C=O) groups excluding carboxylic acids is 1. The average molecular weight is 266 g/mol. The molecule has 104 valence electrons. The molecule has 0 saturated carbocycles. The molecule has 6 nitrogen and oxygen atoms in total. The number of furan rings is 1. The lowest BCUT2D eigenvalue weighted by atomic mass is 10.2. The highest BCUT2D eigenvalue weighted by molar-refractivity contribution is 5.95. The van der Waals surface area contributed by atoms with Gasteiger partial charge in [-0.05, 0) is 25.9 Å². The third kappa shape index (κ3) is 3.14. The van der Waals surface area contributed by atoms with E-state index < -0.39 is 5.97 Å². The molecule has 1 aliphatic rings. The predicted molar refractivity (Wildman–Crippen MR) is 68.3 cm³/mol. The molecule has 1 aliphatic heterocycles. The smallest absolute Gasteiger partial charge is 0.338 e. The predicted octanol–water partition coefficient (Wildman–Crippen LogP) is 1.19. The first kappa shape index (κ1) is 13.6. The molecular weight excluding hydrogens is 248 g/mol. The number of aromatic carboxylic acids is 1. The van der Waals surface area contributed by atoms with Crippen LogP contribution in [0.4, 0.5) is 0 Å². The van der Waals surface area contributed by atoms with E-state index in [1.165, 1.54) is 6.07 Å². The van der Waals surface area contributed by atoms with Gasteiger partial charge in [0.15, 0.2) is 5.76 Å². The van der Waals surface area contributed by atoms with Crippen LogP contribution >= 0.6 is 0 Å².